The number of benzene rings is 1. The summed E-state index contributed by atoms with van der Waals surface area (Å²) < 4.78 is 25.1. The molecule has 2 rings (SSSR count). The van der Waals surface area contributed by atoms with E-state index in [2.05, 4.69) is 5.32 Å². The fraction of sp³-hybridized carbons (Fsp3) is 0.467. The molecule has 0 aliphatic carbocycles. The van der Waals surface area contributed by atoms with E-state index < -0.39 is 10.0 Å². The number of carbonyl (C=O) groups excluding carboxylic acids is 2. The highest BCUT2D eigenvalue weighted by Crippen LogP contribution is 2.15. The van der Waals surface area contributed by atoms with Crippen LogP contribution in [0.3, 0.4) is 0 Å². The van der Waals surface area contributed by atoms with Crippen LogP contribution in [0.25, 0.3) is 0 Å². The quantitative estimate of drug-likeness (QED) is 0.854. The fourth-order valence-corrected chi connectivity index (χ4v) is 3.32. The lowest BCUT2D eigenvalue weighted by Crippen LogP contribution is -2.38. The number of hydrogen-bond donors (Lipinski definition) is 1. The zero-order valence-corrected chi connectivity index (χ0v) is 14.3. The lowest BCUT2D eigenvalue weighted by atomic mass is 10.2. The highest BCUT2D eigenvalue weighted by Gasteiger charge is 2.25. The van der Waals surface area contributed by atoms with Gasteiger partial charge in [-0.1, -0.05) is 0 Å². The number of sulfonamides is 1. The number of likely N-dealkylation sites (tertiary alicyclic amines) is 1. The molecule has 0 bridgehead atoms. The smallest absolute Gasteiger partial charge is 0.251 e. The van der Waals surface area contributed by atoms with Crippen LogP contribution in [0.1, 0.15) is 23.7 Å². The van der Waals surface area contributed by atoms with Gasteiger partial charge in [-0.25, -0.2) is 12.7 Å². The van der Waals surface area contributed by atoms with Gasteiger partial charge in [-0.2, -0.15) is 0 Å². The summed E-state index contributed by atoms with van der Waals surface area (Å²) in [6.45, 7) is 2.66. The van der Waals surface area contributed by atoms with Gasteiger partial charge in [-0.05, 0) is 30.7 Å². The van der Waals surface area contributed by atoms with Crippen LogP contribution in [0.4, 0.5) is 0 Å². The Balaban J connectivity index is 2.03. The highest BCUT2D eigenvalue weighted by molar-refractivity contribution is 7.89. The molecule has 23 heavy (non-hydrogen) atoms. The van der Waals surface area contributed by atoms with Gasteiger partial charge in [0.1, 0.15) is 0 Å². The summed E-state index contributed by atoms with van der Waals surface area (Å²) in [5.74, 6) is -0.269. The van der Waals surface area contributed by atoms with Gasteiger partial charge in [-0.15, -0.1) is 0 Å². The van der Waals surface area contributed by atoms with Crippen molar-refractivity contribution < 1.29 is 18.0 Å². The Morgan fingerprint density at radius 2 is 1.83 bits per heavy atom. The van der Waals surface area contributed by atoms with Gasteiger partial charge in [0.15, 0.2) is 0 Å². The summed E-state index contributed by atoms with van der Waals surface area (Å²) >= 11 is 0. The normalized spacial score (nSPS) is 18.3. The average molecular weight is 339 g/mol. The van der Waals surface area contributed by atoms with E-state index in [9.17, 15) is 18.0 Å². The van der Waals surface area contributed by atoms with Crippen LogP contribution in [0, 0.1) is 0 Å². The summed E-state index contributed by atoms with van der Waals surface area (Å²) in [5.41, 5.74) is 0.393. The van der Waals surface area contributed by atoms with Crippen LogP contribution in [0.2, 0.25) is 0 Å². The molecule has 2 amide bonds. The van der Waals surface area contributed by atoms with Crippen molar-refractivity contribution in [3.63, 3.8) is 0 Å². The standard InChI is InChI=1S/C15H21N3O4S/c1-11(19)18-9-8-13(10-18)16-15(20)12-4-6-14(7-5-12)23(21,22)17(2)3/h4-7,13H,8-10H2,1-3H3,(H,16,20). The van der Waals surface area contributed by atoms with E-state index in [4.69, 9.17) is 0 Å². The lowest BCUT2D eigenvalue weighted by Gasteiger charge is -2.15. The molecule has 1 aliphatic heterocycles. The zero-order valence-electron chi connectivity index (χ0n) is 13.4. The minimum Gasteiger partial charge on any atom is -0.347 e. The molecule has 8 heteroatoms. The van der Waals surface area contributed by atoms with Gasteiger partial charge >= 0.3 is 0 Å². The first-order chi connectivity index (χ1) is 10.7. The molecule has 7 nitrogen and oxygen atoms in total. The van der Waals surface area contributed by atoms with Gasteiger partial charge in [0, 0.05) is 45.7 Å². The molecule has 1 saturated heterocycles. The molecule has 0 aromatic heterocycles. The summed E-state index contributed by atoms with van der Waals surface area (Å²) in [5, 5.41) is 2.87. The predicted molar refractivity (Wildman–Crippen MR) is 85.4 cm³/mol. The average Bonchev–Trinajstić information content (AvgIpc) is 2.96. The Bertz CT molecular complexity index is 698. The van der Waals surface area contributed by atoms with E-state index in [-0.39, 0.29) is 22.8 Å². The molecule has 1 aliphatic rings. The molecule has 1 atom stereocenters. The van der Waals surface area contributed by atoms with E-state index in [1.807, 2.05) is 0 Å². The van der Waals surface area contributed by atoms with E-state index in [0.29, 0.717) is 18.7 Å². The second-order valence-corrected chi connectivity index (χ2v) is 7.89. The molecular formula is C15H21N3O4S. The molecule has 1 unspecified atom stereocenters. The SMILES string of the molecule is CC(=O)N1CCC(NC(=O)c2ccc(S(=O)(=O)N(C)C)cc2)C1. The summed E-state index contributed by atoms with van der Waals surface area (Å²) in [6, 6.07) is 5.74. The van der Waals surface area contributed by atoms with Crippen LogP contribution in [0.15, 0.2) is 29.2 Å². The molecule has 1 aromatic carbocycles. The second-order valence-electron chi connectivity index (χ2n) is 5.74. The van der Waals surface area contributed by atoms with Crippen molar-refractivity contribution in [2.75, 3.05) is 27.2 Å². The Morgan fingerprint density at radius 3 is 2.30 bits per heavy atom. The lowest BCUT2D eigenvalue weighted by molar-refractivity contribution is -0.127. The Morgan fingerprint density at radius 1 is 1.22 bits per heavy atom. The summed E-state index contributed by atoms with van der Waals surface area (Å²) in [7, 11) is -0.591. The van der Waals surface area contributed by atoms with Crippen LogP contribution >= 0.6 is 0 Å². The number of nitrogens with zero attached hydrogens (tertiary/aromatic N) is 2. The number of nitrogens with one attached hydrogen (secondary N) is 1. The van der Waals surface area contributed by atoms with Crippen molar-refractivity contribution in [1.29, 1.82) is 0 Å². The Kier molecular flexibility index (Phi) is 5.06. The van der Waals surface area contributed by atoms with Crippen LogP contribution < -0.4 is 5.32 Å². The minimum absolute atomic E-state index is 0.00000560. The van der Waals surface area contributed by atoms with Crippen LogP contribution in [-0.2, 0) is 14.8 Å². The van der Waals surface area contributed by atoms with Gasteiger partial charge in [0.25, 0.3) is 5.91 Å². The van der Waals surface area contributed by atoms with Crippen LogP contribution in [-0.4, -0.2) is 62.7 Å². The van der Waals surface area contributed by atoms with Crippen LogP contribution in [0.5, 0.6) is 0 Å². The first-order valence-electron chi connectivity index (χ1n) is 7.31. The summed E-state index contributed by atoms with van der Waals surface area (Å²) in [6.07, 6.45) is 0.721. The maximum absolute atomic E-state index is 12.2. The molecule has 126 valence electrons. The highest BCUT2D eigenvalue weighted by atomic mass is 32.2. The van der Waals surface area contributed by atoms with Crippen molar-refractivity contribution in [3.8, 4) is 0 Å². The third-order valence-corrected chi connectivity index (χ3v) is 5.69. The van der Waals surface area contributed by atoms with Gasteiger partial charge < -0.3 is 10.2 Å². The van der Waals surface area contributed by atoms with Crippen molar-refractivity contribution in [1.82, 2.24) is 14.5 Å². The van der Waals surface area contributed by atoms with Crippen molar-refractivity contribution in [2.45, 2.75) is 24.3 Å². The first kappa shape index (κ1) is 17.4. The van der Waals surface area contributed by atoms with E-state index in [1.165, 1.54) is 45.3 Å². The van der Waals surface area contributed by atoms with E-state index in [0.717, 1.165) is 10.7 Å². The molecule has 0 saturated carbocycles. The van der Waals surface area contributed by atoms with Crippen molar-refractivity contribution in [2.24, 2.45) is 0 Å². The maximum atomic E-state index is 12.2. The zero-order chi connectivity index (χ0) is 17.2. The Labute approximate surface area is 136 Å². The number of carbonyl (C=O) groups is 2. The molecule has 0 radical (unpaired) electrons. The first-order valence-corrected chi connectivity index (χ1v) is 8.75. The maximum Gasteiger partial charge on any atom is 0.251 e. The third kappa shape index (κ3) is 3.89. The summed E-state index contributed by atoms with van der Waals surface area (Å²) in [4.78, 5) is 25.3. The van der Waals surface area contributed by atoms with Gasteiger partial charge in [0.05, 0.1) is 4.90 Å². The van der Waals surface area contributed by atoms with E-state index in [1.54, 1.807) is 4.90 Å². The van der Waals surface area contributed by atoms with E-state index >= 15 is 0 Å². The molecular weight excluding hydrogens is 318 g/mol. The number of rotatable bonds is 4. The predicted octanol–water partition coefficient (Wildman–Crippen LogP) is 0.288. The number of hydrogen-bond acceptors (Lipinski definition) is 4. The monoisotopic (exact) mass is 339 g/mol. The topological polar surface area (TPSA) is 86.8 Å². The van der Waals surface area contributed by atoms with Crippen molar-refractivity contribution in [3.05, 3.63) is 29.8 Å². The molecule has 1 aromatic rings. The number of amides is 2. The molecule has 1 heterocycles. The molecule has 0 spiro atoms. The molecule has 1 fully saturated rings. The fourth-order valence-electron chi connectivity index (χ4n) is 2.42. The minimum atomic E-state index is -3.50. The largest absolute Gasteiger partial charge is 0.347 e. The van der Waals surface area contributed by atoms with Gasteiger partial charge in [0.2, 0.25) is 15.9 Å². The second kappa shape index (κ2) is 6.67. The van der Waals surface area contributed by atoms with Crippen molar-refractivity contribution >= 4 is 21.8 Å². The molecule has 1 N–H and O–H groups in total. The van der Waals surface area contributed by atoms with Gasteiger partial charge in [-0.3, -0.25) is 9.59 Å². The Hall–Kier alpha value is -1.93. The third-order valence-electron chi connectivity index (χ3n) is 3.86.